The molecule has 0 radical (unpaired) electrons. The molecule has 0 saturated carbocycles. The third-order valence-corrected chi connectivity index (χ3v) is 5.52. The minimum Gasteiger partial charge on any atom is -0.464 e. The average Bonchev–Trinajstić information content (AvgIpc) is 3.32. The first kappa shape index (κ1) is 19.2. The molecule has 140 valence electrons. The van der Waals surface area contributed by atoms with Crippen molar-refractivity contribution in [1.29, 1.82) is 0 Å². The molecule has 0 spiro atoms. The molecule has 2 heterocycles. The van der Waals surface area contributed by atoms with E-state index < -0.39 is 5.97 Å². The summed E-state index contributed by atoms with van der Waals surface area (Å²) in [6.07, 6.45) is 2.09. The number of carbonyl (C=O) groups is 2. The minimum atomic E-state index is -0.434. The summed E-state index contributed by atoms with van der Waals surface area (Å²) in [4.78, 5) is 32.0. The lowest BCUT2D eigenvalue weighted by Crippen LogP contribution is -2.11. The van der Waals surface area contributed by atoms with Gasteiger partial charge in [-0.1, -0.05) is 17.7 Å². The first-order valence-corrected chi connectivity index (χ1v) is 10.1. The minimum absolute atomic E-state index is 0.0696. The SMILES string of the molecule is COC(=O)c1cc(-c2csc(NC(=O)CCSc3ccc(C)cc3)n2)c[nH]1. The number of carbonyl (C=O) groups excluding carboxylic acids is 2. The van der Waals surface area contributed by atoms with Gasteiger partial charge in [0.15, 0.2) is 5.13 Å². The number of nitrogens with one attached hydrogen (secondary N) is 2. The maximum atomic E-state index is 12.1. The van der Waals surface area contributed by atoms with Crippen molar-refractivity contribution in [3.05, 3.63) is 53.2 Å². The predicted octanol–water partition coefficient (Wildman–Crippen LogP) is 4.35. The molecule has 6 nitrogen and oxygen atoms in total. The molecule has 0 saturated heterocycles. The lowest BCUT2D eigenvalue weighted by molar-refractivity contribution is -0.115. The zero-order valence-electron chi connectivity index (χ0n) is 14.9. The van der Waals surface area contributed by atoms with E-state index in [1.807, 2.05) is 12.3 Å². The number of hydrogen-bond acceptors (Lipinski definition) is 6. The van der Waals surface area contributed by atoms with Crippen LogP contribution in [-0.2, 0) is 9.53 Å². The highest BCUT2D eigenvalue weighted by molar-refractivity contribution is 7.99. The molecule has 8 heteroatoms. The van der Waals surface area contributed by atoms with Gasteiger partial charge in [-0.2, -0.15) is 0 Å². The van der Waals surface area contributed by atoms with Crippen LogP contribution in [0.25, 0.3) is 11.3 Å². The first-order valence-electron chi connectivity index (χ1n) is 8.27. The smallest absolute Gasteiger partial charge is 0.354 e. The number of aromatic amines is 1. The number of esters is 1. The molecule has 2 aromatic heterocycles. The Balaban J connectivity index is 1.51. The number of ether oxygens (including phenoxy) is 1. The van der Waals surface area contributed by atoms with E-state index >= 15 is 0 Å². The monoisotopic (exact) mass is 401 g/mol. The fourth-order valence-electron chi connectivity index (χ4n) is 2.31. The highest BCUT2D eigenvalue weighted by atomic mass is 32.2. The summed E-state index contributed by atoms with van der Waals surface area (Å²) in [5.74, 6) is 0.198. The highest BCUT2D eigenvalue weighted by Crippen LogP contribution is 2.26. The number of thiazole rings is 1. The summed E-state index contributed by atoms with van der Waals surface area (Å²) in [6, 6.07) is 9.91. The maximum absolute atomic E-state index is 12.1. The molecule has 1 amide bonds. The Morgan fingerprint density at radius 1 is 1.30 bits per heavy atom. The van der Waals surface area contributed by atoms with Crippen LogP contribution in [0.5, 0.6) is 0 Å². The Morgan fingerprint density at radius 2 is 2.07 bits per heavy atom. The Hall–Kier alpha value is -2.58. The molecule has 0 aliphatic carbocycles. The van der Waals surface area contributed by atoms with Crippen LogP contribution < -0.4 is 5.32 Å². The summed E-state index contributed by atoms with van der Waals surface area (Å²) in [5, 5.41) is 5.19. The number of H-pyrrole nitrogens is 1. The molecule has 27 heavy (non-hydrogen) atoms. The van der Waals surface area contributed by atoms with Crippen LogP contribution >= 0.6 is 23.1 Å². The Labute approximate surface area is 165 Å². The van der Waals surface area contributed by atoms with Gasteiger partial charge in [-0.3, -0.25) is 4.79 Å². The Bertz CT molecular complexity index is 932. The maximum Gasteiger partial charge on any atom is 0.354 e. The number of thioether (sulfide) groups is 1. The van der Waals surface area contributed by atoms with Crippen molar-refractivity contribution in [2.24, 2.45) is 0 Å². The number of anilines is 1. The summed E-state index contributed by atoms with van der Waals surface area (Å²) in [5.41, 5.74) is 3.04. The normalized spacial score (nSPS) is 10.6. The zero-order valence-corrected chi connectivity index (χ0v) is 16.6. The number of methoxy groups -OCH3 is 1. The van der Waals surface area contributed by atoms with E-state index in [2.05, 4.69) is 44.3 Å². The molecular formula is C19H19N3O3S2. The molecule has 0 aliphatic heterocycles. The first-order chi connectivity index (χ1) is 13.0. The third-order valence-electron chi connectivity index (χ3n) is 3.75. The van der Waals surface area contributed by atoms with Gasteiger partial charge in [-0.25, -0.2) is 9.78 Å². The standard InChI is InChI=1S/C19H19N3O3S2/c1-12-3-5-14(6-4-12)26-8-7-17(23)22-19-21-16(11-27-19)13-9-15(20-10-13)18(24)25-2/h3-6,9-11,20H,7-8H2,1-2H3,(H,21,22,23). The lowest BCUT2D eigenvalue weighted by atomic mass is 10.2. The largest absolute Gasteiger partial charge is 0.464 e. The van der Waals surface area contributed by atoms with Gasteiger partial charge >= 0.3 is 5.97 Å². The molecule has 0 aliphatic rings. The van der Waals surface area contributed by atoms with Crippen LogP contribution in [0.3, 0.4) is 0 Å². The van der Waals surface area contributed by atoms with Crippen LogP contribution in [0.4, 0.5) is 5.13 Å². The summed E-state index contributed by atoms with van der Waals surface area (Å²) in [7, 11) is 1.33. The molecule has 0 fully saturated rings. The summed E-state index contributed by atoms with van der Waals surface area (Å²) < 4.78 is 4.67. The quantitative estimate of drug-likeness (QED) is 0.454. The van der Waals surface area contributed by atoms with E-state index in [4.69, 9.17) is 0 Å². The second-order valence-electron chi connectivity index (χ2n) is 5.79. The van der Waals surface area contributed by atoms with Gasteiger partial charge < -0.3 is 15.0 Å². The highest BCUT2D eigenvalue weighted by Gasteiger charge is 2.13. The van der Waals surface area contributed by atoms with Gasteiger partial charge in [0.05, 0.1) is 12.8 Å². The molecular weight excluding hydrogens is 382 g/mol. The van der Waals surface area contributed by atoms with Crippen molar-refractivity contribution in [3.8, 4) is 11.3 Å². The molecule has 1 aromatic carbocycles. The molecule has 3 rings (SSSR count). The summed E-state index contributed by atoms with van der Waals surface area (Å²) >= 11 is 3.00. The van der Waals surface area contributed by atoms with E-state index in [1.165, 1.54) is 24.0 Å². The second-order valence-corrected chi connectivity index (χ2v) is 7.82. The fraction of sp³-hybridized carbons (Fsp3) is 0.211. The topological polar surface area (TPSA) is 84.1 Å². The molecule has 2 N–H and O–H groups in total. The lowest BCUT2D eigenvalue weighted by Gasteiger charge is -2.03. The number of benzene rings is 1. The average molecular weight is 402 g/mol. The van der Waals surface area contributed by atoms with E-state index in [-0.39, 0.29) is 5.91 Å². The van der Waals surface area contributed by atoms with Crippen molar-refractivity contribution in [3.63, 3.8) is 0 Å². The number of nitrogens with zero attached hydrogens (tertiary/aromatic N) is 1. The Morgan fingerprint density at radius 3 is 2.81 bits per heavy atom. The van der Waals surface area contributed by atoms with Crippen LogP contribution in [0.1, 0.15) is 22.5 Å². The zero-order chi connectivity index (χ0) is 19.2. The second kappa shape index (κ2) is 8.88. The summed E-state index contributed by atoms with van der Waals surface area (Å²) in [6.45, 7) is 2.05. The van der Waals surface area contributed by atoms with Crippen LogP contribution in [0.15, 0.2) is 46.8 Å². The molecule has 0 atom stereocenters. The van der Waals surface area contributed by atoms with Crippen LogP contribution in [-0.4, -0.2) is 34.7 Å². The van der Waals surface area contributed by atoms with Gasteiger partial charge in [0.1, 0.15) is 5.69 Å². The van der Waals surface area contributed by atoms with Gasteiger partial charge in [0, 0.05) is 34.2 Å². The number of hydrogen-bond donors (Lipinski definition) is 2. The number of aryl methyl sites for hydroxylation is 1. The van der Waals surface area contributed by atoms with Gasteiger partial charge in [-0.05, 0) is 25.1 Å². The van der Waals surface area contributed by atoms with E-state index in [1.54, 1.807) is 24.0 Å². The number of aromatic nitrogens is 2. The van der Waals surface area contributed by atoms with Crippen molar-refractivity contribution >= 4 is 40.1 Å². The van der Waals surface area contributed by atoms with Gasteiger partial charge in [-0.15, -0.1) is 23.1 Å². The van der Waals surface area contributed by atoms with Gasteiger partial charge in [0.25, 0.3) is 0 Å². The third kappa shape index (κ3) is 5.21. The predicted molar refractivity (Wildman–Crippen MR) is 108 cm³/mol. The number of rotatable bonds is 7. The van der Waals surface area contributed by atoms with E-state index in [9.17, 15) is 9.59 Å². The van der Waals surface area contributed by atoms with Crippen molar-refractivity contribution in [2.75, 3.05) is 18.2 Å². The fourth-order valence-corrected chi connectivity index (χ4v) is 3.90. The van der Waals surface area contributed by atoms with Crippen LogP contribution in [0, 0.1) is 6.92 Å². The number of amides is 1. The van der Waals surface area contributed by atoms with Crippen molar-refractivity contribution < 1.29 is 14.3 Å². The van der Waals surface area contributed by atoms with Crippen molar-refractivity contribution in [2.45, 2.75) is 18.2 Å². The molecule has 0 bridgehead atoms. The molecule has 3 aromatic rings. The van der Waals surface area contributed by atoms with Crippen LogP contribution in [0.2, 0.25) is 0 Å². The Kier molecular flexibility index (Phi) is 6.31. The van der Waals surface area contributed by atoms with E-state index in [0.29, 0.717) is 28.7 Å². The van der Waals surface area contributed by atoms with E-state index in [0.717, 1.165) is 10.5 Å². The molecule has 0 unspecified atom stereocenters. The van der Waals surface area contributed by atoms with Gasteiger partial charge in [0.2, 0.25) is 5.91 Å². The van der Waals surface area contributed by atoms with Crippen molar-refractivity contribution in [1.82, 2.24) is 9.97 Å².